The lowest BCUT2D eigenvalue weighted by atomic mass is 9.74. The molecule has 0 radical (unpaired) electrons. The zero-order valence-electron chi connectivity index (χ0n) is 11.2. The molecule has 2 aromatic rings. The summed E-state index contributed by atoms with van der Waals surface area (Å²) in [7, 11) is 0. The van der Waals surface area contributed by atoms with Gasteiger partial charge in [0, 0.05) is 5.54 Å². The van der Waals surface area contributed by atoms with Crippen molar-refractivity contribution in [2.45, 2.75) is 31.2 Å². The molecule has 0 fully saturated rings. The molecule has 1 aliphatic rings. The van der Waals surface area contributed by atoms with Crippen molar-refractivity contribution in [3.8, 4) is 0 Å². The molecule has 104 valence electrons. The van der Waals surface area contributed by atoms with Crippen molar-refractivity contribution >= 4 is 11.6 Å². The van der Waals surface area contributed by atoms with Gasteiger partial charge in [0.15, 0.2) is 0 Å². The SMILES string of the molecule is NC1(Cc2cccc(F)c2Cl)CCCc2ccccc21. The Bertz CT molecular complexity index is 641. The van der Waals surface area contributed by atoms with Gasteiger partial charge >= 0.3 is 0 Å². The van der Waals surface area contributed by atoms with E-state index in [1.165, 1.54) is 17.2 Å². The first-order valence-corrected chi connectivity index (χ1v) is 7.28. The van der Waals surface area contributed by atoms with Crippen molar-refractivity contribution < 1.29 is 4.39 Å². The van der Waals surface area contributed by atoms with Gasteiger partial charge in [-0.05, 0) is 48.4 Å². The van der Waals surface area contributed by atoms with Crippen LogP contribution < -0.4 is 5.73 Å². The fourth-order valence-corrected chi connectivity index (χ4v) is 3.35. The van der Waals surface area contributed by atoms with E-state index >= 15 is 0 Å². The van der Waals surface area contributed by atoms with E-state index in [1.807, 2.05) is 18.2 Å². The average molecular weight is 290 g/mol. The van der Waals surface area contributed by atoms with Crippen molar-refractivity contribution in [3.05, 3.63) is 70.0 Å². The Morgan fingerprint density at radius 2 is 1.95 bits per heavy atom. The van der Waals surface area contributed by atoms with Gasteiger partial charge in [-0.25, -0.2) is 4.39 Å². The molecule has 0 aliphatic heterocycles. The molecular weight excluding hydrogens is 273 g/mol. The molecule has 2 aromatic carbocycles. The lowest BCUT2D eigenvalue weighted by molar-refractivity contribution is 0.369. The fourth-order valence-electron chi connectivity index (χ4n) is 3.16. The summed E-state index contributed by atoms with van der Waals surface area (Å²) in [6, 6.07) is 13.2. The van der Waals surface area contributed by atoms with Crippen molar-refractivity contribution in [2.75, 3.05) is 0 Å². The molecular formula is C17H17ClFN. The lowest BCUT2D eigenvalue weighted by Gasteiger charge is -2.36. The Hall–Kier alpha value is -1.38. The largest absolute Gasteiger partial charge is 0.321 e. The van der Waals surface area contributed by atoms with Gasteiger partial charge in [0.1, 0.15) is 5.82 Å². The van der Waals surface area contributed by atoms with E-state index in [0.717, 1.165) is 24.8 Å². The summed E-state index contributed by atoms with van der Waals surface area (Å²) >= 11 is 6.07. The van der Waals surface area contributed by atoms with Gasteiger partial charge < -0.3 is 5.73 Å². The minimum atomic E-state index is -0.452. The van der Waals surface area contributed by atoms with Crippen molar-refractivity contribution in [2.24, 2.45) is 5.73 Å². The van der Waals surface area contributed by atoms with E-state index in [1.54, 1.807) is 6.07 Å². The van der Waals surface area contributed by atoms with Gasteiger partial charge in [-0.2, -0.15) is 0 Å². The number of hydrogen-bond acceptors (Lipinski definition) is 1. The van der Waals surface area contributed by atoms with Crippen LogP contribution in [0.15, 0.2) is 42.5 Å². The molecule has 0 heterocycles. The second-order valence-electron chi connectivity index (χ2n) is 5.56. The van der Waals surface area contributed by atoms with Crippen LogP contribution >= 0.6 is 11.6 Å². The van der Waals surface area contributed by atoms with Crippen molar-refractivity contribution in [3.63, 3.8) is 0 Å². The Morgan fingerprint density at radius 3 is 2.80 bits per heavy atom. The third kappa shape index (κ3) is 2.34. The van der Waals surface area contributed by atoms with Gasteiger partial charge in [-0.1, -0.05) is 48.0 Å². The molecule has 1 unspecified atom stereocenters. The zero-order valence-corrected chi connectivity index (χ0v) is 12.0. The van der Waals surface area contributed by atoms with Crippen molar-refractivity contribution in [1.29, 1.82) is 0 Å². The summed E-state index contributed by atoms with van der Waals surface area (Å²) in [5.41, 5.74) is 9.44. The van der Waals surface area contributed by atoms with Gasteiger partial charge in [0.05, 0.1) is 5.02 Å². The van der Waals surface area contributed by atoms with Crippen LogP contribution in [-0.2, 0) is 18.4 Å². The highest BCUT2D eigenvalue weighted by Gasteiger charge is 2.33. The maximum Gasteiger partial charge on any atom is 0.142 e. The molecule has 0 saturated carbocycles. The number of rotatable bonds is 2. The predicted octanol–water partition coefficient (Wildman–Crippen LogP) is 4.21. The fraction of sp³-hybridized carbons (Fsp3) is 0.294. The first-order valence-electron chi connectivity index (χ1n) is 6.90. The van der Waals surface area contributed by atoms with Crippen LogP contribution in [0.2, 0.25) is 5.02 Å². The van der Waals surface area contributed by atoms with Crippen LogP contribution in [0, 0.1) is 5.82 Å². The topological polar surface area (TPSA) is 26.0 Å². The minimum absolute atomic E-state index is 0.195. The van der Waals surface area contributed by atoms with E-state index in [0.29, 0.717) is 6.42 Å². The van der Waals surface area contributed by atoms with Crippen LogP contribution in [-0.4, -0.2) is 0 Å². The highest BCUT2D eigenvalue weighted by Crippen LogP contribution is 2.37. The van der Waals surface area contributed by atoms with Crippen LogP contribution in [0.25, 0.3) is 0 Å². The van der Waals surface area contributed by atoms with E-state index in [4.69, 9.17) is 17.3 Å². The monoisotopic (exact) mass is 289 g/mol. The number of halogens is 2. The highest BCUT2D eigenvalue weighted by molar-refractivity contribution is 6.31. The Labute approximate surface area is 123 Å². The van der Waals surface area contributed by atoms with E-state index < -0.39 is 5.54 Å². The Morgan fingerprint density at radius 1 is 1.15 bits per heavy atom. The summed E-state index contributed by atoms with van der Waals surface area (Å²) in [6.45, 7) is 0. The van der Waals surface area contributed by atoms with E-state index in [2.05, 4.69) is 12.1 Å². The smallest absolute Gasteiger partial charge is 0.142 e. The van der Waals surface area contributed by atoms with Crippen LogP contribution in [0.1, 0.15) is 29.5 Å². The molecule has 0 amide bonds. The number of hydrogen-bond donors (Lipinski definition) is 1. The number of fused-ring (bicyclic) bond motifs is 1. The van der Waals surface area contributed by atoms with Crippen LogP contribution in [0.3, 0.4) is 0 Å². The van der Waals surface area contributed by atoms with E-state index in [9.17, 15) is 4.39 Å². The third-order valence-corrected chi connectivity index (χ3v) is 4.58. The van der Waals surface area contributed by atoms with Gasteiger partial charge in [-0.3, -0.25) is 0 Å². The molecule has 0 spiro atoms. The molecule has 0 saturated heterocycles. The van der Waals surface area contributed by atoms with Gasteiger partial charge in [0.2, 0.25) is 0 Å². The standard InChI is InChI=1S/C17H17ClFN/c18-16-13(6-3-9-15(16)19)11-17(20)10-4-7-12-5-1-2-8-14(12)17/h1-3,5-6,8-9H,4,7,10-11,20H2. The van der Waals surface area contributed by atoms with Crippen LogP contribution in [0.5, 0.6) is 0 Å². The molecule has 1 aliphatic carbocycles. The molecule has 0 aromatic heterocycles. The summed E-state index contributed by atoms with van der Waals surface area (Å²) in [5, 5.41) is 0.195. The number of benzene rings is 2. The number of nitrogens with two attached hydrogens (primary N) is 1. The van der Waals surface area contributed by atoms with Crippen LogP contribution in [0.4, 0.5) is 4.39 Å². The summed E-state index contributed by atoms with van der Waals surface area (Å²) in [6.07, 6.45) is 3.59. The maximum atomic E-state index is 13.6. The molecule has 1 nitrogen and oxygen atoms in total. The second-order valence-corrected chi connectivity index (χ2v) is 5.93. The molecule has 2 N–H and O–H groups in total. The molecule has 0 bridgehead atoms. The van der Waals surface area contributed by atoms with Crippen molar-refractivity contribution in [1.82, 2.24) is 0 Å². The first-order chi connectivity index (χ1) is 9.60. The van der Waals surface area contributed by atoms with Gasteiger partial charge in [-0.15, -0.1) is 0 Å². The molecule has 3 heteroatoms. The Kier molecular flexibility index (Phi) is 3.53. The maximum absolute atomic E-state index is 13.6. The summed E-state index contributed by atoms with van der Waals surface area (Å²) < 4.78 is 13.6. The quantitative estimate of drug-likeness (QED) is 0.880. The third-order valence-electron chi connectivity index (χ3n) is 4.16. The van der Waals surface area contributed by atoms with Gasteiger partial charge in [0.25, 0.3) is 0 Å². The molecule has 3 rings (SSSR count). The highest BCUT2D eigenvalue weighted by atomic mass is 35.5. The minimum Gasteiger partial charge on any atom is -0.321 e. The summed E-state index contributed by atoms with van der Waals surface area (Å²) in [5.74, 6) is -0.378. The molecule has 1 atom stereocenters. The normalized spacial score (nSPS) is 21.6. The molecule has 20 heavy (non-hydrogen) atoms. The first kappa shape index (κ1) is 13.6. The average Bonchev–Trinajstić information content (AvgIpc) is 2.44. The number of aryl methyl sites for hydroxylation is 1. The Balaban J connectivity index is 2.00. The lowest BCUT2D eigenvalue weighted by Crippen LogP contribution is -2.42. The zero-order chi connectivity index (χ0) is 14.2. The summed E-state index contributed by atoms with van der Waals surface area (Å²) in [4.78, 5) is 0. The second kappa shape index (κ2) is 5.19. The predicted molar refractivity (Wildman–Crippen MR) is 80.4 cm³/mol. The van der Waals surface area contributed by atoms with E-state index in [-0.39, 0.29) is 10.8 Å².